The number of hydrogen-bond donors (Lipinski definition) is 1. The smallest absolute Gasteiger partial charge is 0.279 e. The molecule has 1 N–H and O–H groups in total. The van der Waals surface area contributed by atoms with Crippen LogP contribution in [-0.2, 0) is 18.6 Å². The first-order chi connectivity index (χ1) is 16.4. The first kappa shape index (κ1) is 26.0. The van der Waals surface area contributed by atoms with Crippen LogP contribution in [0.15, 0.2) is 11.1 Å². The van der Waals surface area contributed by atoms with Gasteiger partial charge in [0.25, 0.3) is 5.56 Å². The van der Waals surface area contributed by atoms with Crippen molar-refractivity contribution in [1.82, 2.24) is 19.5 Å². The molecule has 4 heterocycles. The lowest BCUT2D eigenvalue weighted by Gasteiger charge is -2.37. The summed E-state index contributed by atoms with van der Waals surface area (Å²) in [7, 11) is -2.18. The number of halogens is 1. The standard InChI is InChI=1S/C24H35FN4O5Si/c1-8-24(25)19(34-17-11-9-10-12-31-17)16(13-32-35(6,7)23(3,4)5)33-22(24)29-14-26-18-20(29)27-15(2)28-21(18)30/h1,14,16-17,19,22H,9-13H2,2-7H3,(H,27,28,30)/t16-,17?,19+,22-,24-/m1/s1. The fraction of sp³-hybridized carbons (Fsp3) is 0.708. The molecule has 192 valence electrons. The zero-order valence-electron chi connectivity index (χ0n) is 21.3. The highest BCUT2D eigenvalue weighted by Gasteiger charge is 2.60. The quantitative estimate of drug-likeness (QED) is 0.472. The molecule has 0 aliphatic carbocycles. The topological polar surface area (TPSA) is 100 Å². The maximum absolute atomic E-state index is 16.8. The minimum atomic E-state index is -2.38. The monoisotopic (exact) mass is 506 g/mol. The van der Waals surface area contributed by atoms with E-state index in [1.807, 2.05) is 0 Å². The van der Waals surface area contributed by atoms with Crippen LogP contribution in [0.4, 0.5) is 4.39 Å². The van der Waals surface area contributed by atoms with Gasteiger partial charge in [0.2, 0.25) is 5.67 Å². The van der Waals surface area contributed by atoms with E-state index in [-0.39, 0.29) is 22.8 Å². The molecule has 0 bridgehead atoms. The summed E-state index contributed by atoms with van der Waals surface area (Å²) in [5.74, 6) is 2.66. The van der Waals surface area contributed by atoms with E-state index in [9.17, 15) is 4.79 Å². The van der Waals surface area contributed by atoms with Crippen LogP contribution in [0.2, 0.25) is 18.1 Å². The van der Waals surface area contributed by atoms with Crippen molar-refractivity contribution in [3.05, 3.63) is 22.5 Å². The van der Waals surface area contributed by atoms with Gasteiger partial charge >= 0.3 is 0 Å². The first-order valence-corrected chi connectivity index (χ1v) is 14.9. The second kappa shape index (κ2) is 9.41. The Morgan fingerprint density at radius 1 is 1.40 bits per heavy atom. The molecule has 5 atom stereocenters. The van der Waals surface area contributed by atoms with E-state index in [4.69, 9.17) is 25.1 Å². The molecular weight excluding hydrogens is 471 g/mol. The highest BCUT2D eigenvalue weighted by atomic mass is 28.4. The van der Waals surface area contributed by atoms with Gasteiger partial charge in [-0.3, -0.25) is 9.36 Å². The number of aromatic amines is 1. The SMILES string of the molecule is C#C[C@@]1(F)[C@@H](OC2CCCCO2)[C@@H](CO[Si](C)(C)C(C)(C)C)O[C@H]1n1cnc2c(=O)[nH]c(C)nc21. The van der Waals surface area contributed by atoms with Gasteiger partial charge in [0.1, 0.15) is 18.0 Å². The van der Waals surface area contributed by atoms with Crippen LogP contribution >= 0.6 is 0 Å². The summed E-state index contributed by atoms with van der Waals surface area (Å²) in [6, 6.07) is 0. The maximum atomic E-state index is 16.8. The molecule has 2 aromatic heterocycles. The summed E-state index contributed by atoms with van der Waals surface area (Å²) in [6.45, 7) is 12.9. The van der Waals surface area contributed by atoms with Gasteiger partial charge in [-0.05, 0) is 44.3 Å². The summed E-state index contributed by atoms with van der Waals surface area (Å²) < 4.78 is 42.7. The van der Waals surface area contributed by atoms with Crippen LogP contribution in [0.1, 0.15) is 52.1 Å². The summed E-state index contributed by atoms with van der Waals surface area (Å²) in [5.41, 5.74) is -2.54. The Morgan fingerprint density at radius 2 is 2.14 bits per heavy atom. The fourth-order valence-corrected chi connectivity index (χ4v) is 5.19. The number of terminal acetylenes is 1. The number of fused-ring (bicyclic) bond motifs is 1. The second-order valence-electron chi connectivity index (χ2n) is 10.8. The Morgan fingerprint density at radius 3 is 2.77 bits per heavy atom. The molecule has 4 rings (SSSR count). The number of hydrogen-bond acceptors (Lipinski definition) is 7. The lowest BCUT2D eigenvalue weighted by atomic mass is 9.96. The fourth-order valence-electron chi connectivity index (χ4n) is 4.18. The van der Waals surface area contributed by atoms with Crippen molar-refractivity contribution in [2.24, 2.45) is 0 Å². The Balaban J connectivity index is 1.71. The van der Waals surface area contributed by atoms with Gasteiger partial charge in [-0.1, -0.05) is 26.7 Å². The van der Waals surface area contributed by atoms with Crippen molar-refractivity contribution in [1.29, 1.82) is 0 Å². The van der Waals surface area contributed by atoms with E-state index in [1.54, 1.807) is 6.92 Å². The van der Waals surface area contributed by atoms with Gasteiger partial charge < -0.3 is 23.6 Å². The number of H-pyrrole nitrogens is 1. The van der Waals surface area contributed by atoms with Crippen molar-refractivity contribution in [2.45, 2.75) is 95.5 Å². The molecule has 35 heavy (non-hydrogen) atoms. The number of alkyl halides is 1. The summed E-state index contributed by atoms with van der Waals surface area (Å²) in [5, 5.41) is -0.0458. The predicted octanol–water partition coefficient (Wildman–Crippen LogP) is 3.60. The molecule has 0 spiro atoms. The Hall–Kier alpha value is -2.10. The van der Waals surface area contributed by atoms with Crippen LogP contribution in [0.25, 0.3) is 11.2 Å². The maximum Gasteiger partial charge on any atom is 0.279 e. The predicted molar refractivity (Wildman–Crippen MR) is 131 cm³/mol. The van der Waals surface area contributed by atoms with E-state index >= 15 is 4.39 Å². The number of imidazole rings is 1. The summed E-state index contributed by atoms with van der Waals surface area (Å²) in [4.78, 5) is 23.5. The van der Waals surface area contributed by atoms with Gasteiger partial charge in [0, 0.05) is 6.61 Å². The van der Waals surface area contributed by atoms with Crippen molar-refractivity contribution in [3.8, 4) is 12.3 Å². The Bertz CT molecular complexity index is 1160. The van der Waals surface area contributed by atoms with Gasteiger partial charge in [-0.25, -0.2) is 14.4 Å². The number of aryl methyl sites for hydroxylation is 1. The summed E-state index contributed by atoms with van der Waals surface area (Å²) >= 11 is 0. The van der Waals surface area contributed by atoms with Crippen LogP contribution in [0, 0.1) is 19.3 Å². The van der Waals surface area contributed by atoms with E-state index in [2.05, 4.69) is 54.7 Å². The summed E-state index contributed by atoms with van der Waals surface area (Å²) in [6.07, 6.45) is 5.76. The molecule has 2 saturated heterocycles. The highest BCUT2D eigenvalue weighted by Crippen LogP contribution is 2.45. The van der Waals surface area contributed by atoms with Gasteiger partial charge in [0.05, 0.1) is 12.9 Å². The molecular formula is C24H35FN4O5Si. The lowest BCUT2D eigenvalue weighted by molar-refractivity contribution is -0.211. The molecule has 2 fully saturated rings. The third-order valence-electron chi connectivity index (χ3n) is 7.29. The average Bonchev–Trinajstić information content (AvgIpc) is 3.32. The zero-order valence-corrected chi connectivity index (χ0v) is 22.3. The highest BCUT2D eigenvalue weighted by molar-refractivity contribution is 6.74. The van der Waals surface area contributed by atoms with Crippen molar-refractivity contribution >= 4 is 19.5 Å². The minimum Gasteiger partial charge on any atom is -0.414 e. The van der Waals surface area contributed by atoms with Crippen molar-refractivity contribution in [2.75, 3.05) is 13.2 Å². The minimum absolute atomic E-state index is 0.0458. The van der Waals surface area contributed by atoms with Gasteiger partial charge in [-0.15, -0.1) is 6.42 Å². The molecule has 1 unspecified atom stereocenters. The third kappa shape index (κ3) is 4.82. The van der Waals surface area contributed by atoms with Gasteiger partial charge in [0.15, 0.2) is 32.0 Å². The number of aromatic nitrogens is 4. The van der Waals surface area contributed by atoms with Crippen LogP contribution < -0.4 is 5.56 Å². The van der Waals surface area contributed by atoms with Crippen molar-refractivity contribution < 1.29 is 23.0 Å². The van der Waals surface area contributed by atoms with Gasteiger partial charge in [-0.2, -0.15) is 0 Å². The molecule has 9 nitrogen and oxygen atoms in total. The van der Waals surface area contributed by atoms with Crippen LogP contribution in [0.5, 0.6) is 0 Å². The largest absolute Gasteiger partial charge is 0.414 e. The molecule has 11 heteroatoms. The molecule has 2 aliphatic heterocycles. The third-order valence-corrected chi connectivity index (χ3v) is 11.8. The Labute approximate surface area is 205 Å². The number of nitrogens with zero attached hydrogens (tertiary/aromatic N) is 3. The number of ether oxygens (including phenoxy) is 3. The van der Waals surface area contributed by atoms with E-state index in [0.717, 1.165) is 12.8 Å². The van der Waals surface area contributed by atoms with E-state index < -0.39 is 44.3 Å². The Kier molecular flexibility index (Phi) is 6.98. The molecule has 2 aliphatic rings. The molecule has 0 amide bonds. The van der Waals surface area contributed by atoms with Crippen LogP contribution in [0.3, 0.4) is 0 Å². The molecule has 0 radical (unpaired) electrons. The average molecular weight is 507 g/mol. The normalized spacial score (nSPS) is 30.0. The number of nitrogens with one attached hydrogen (secondary N) is 1. The van der Waals surface area contributed by atoms with Crippen LogP contribution in [-0.4, -0.2) is 65.2 Å². The lowest BCUT2D eigenvalue weighted by Crippen LogP contribution is -2.49. The van der Waals surface area contributed by atoms with E-state index in [1.165, 1.54) is 10.9 Å². The molecule has 0 aromatic carbocycles. The van der Waals surface area contributed by atoms with Crippen molar-refractivity contribution in [3.63, 3.8) is 0 Å². The molecule has 2 aromatic rings. The molecule has 0 saturated carbocycles. The number of rotatable bonds is 6. The second-order valence-corrected chi connectivity index (χ2v) is 15.6. The zero-order chi connectivity index (χ0) is 25.6. The first-order valence-electron chi connectivity index (χ1n) is 12.0. The van der Waals surface area contributed by atoms with E-state index in [0.29, 0.717) is 18.9 Å².